The lowest BCUT2D eigenvalue weighted by Gasteiger charge is -2.29. The number of tetrazole rings is 1. The van der Waals surface area contributed by atoms with Crippen LogP contribution in [-0.4, -0.2) is 51.5 Å². The number of hydrogen-bond donors (Lipinski definition) is 3. The number of carbonyl (C=O) groups excluding carboxylic acids is 2. The number of hydrogen-bond acceptors (Lipinski definition) is 8. The Morgan fingerprint density at radius 2 is 2.14 bits per heavy atom. The molecule has 0 fully saturated rings. The van der Waals surface area contributed by atoms with Gasteiger partial charge in [0.05, 0.1) is 15.6 Å². The molecule has 0 bridgehead atoms. The van der Waals surface area contributed by atoms with Crippen molar-refractivity contribution in [1.29, 1.82) is 0 Å². The molecule has 5 rings (SSSR count). The van der Waals surface area contributed by atoms with Crippen molar-refractivity contribution in [3.63, 3.8) is 0 Å². The predicted octanol–water partition coefficient (Wildman–Crippen LogP) is 3.43. The minimum Gasteiger partial charge on any atom is -0.472 e. The lowest BCUT2D eigenvalue weighted by molar-refractivity contribution is 0.0929. The fourth-order valence-electron chi connectivity index (χ4n) is 3.87. The molecule has 2 aliphatic heterocycles. The maximum absolute atomic E-state index is 14.2. The van der Waals surface area contributed by atoms with Gasteiger partial charge in [-0.25, -0.2) is 9.49 Å². The van der Waals surface area contributed by atoms with Gasteiger partial charge in [0.1, 0.15) is 17.6 Å². The molecule has 0 spiro atoms. The smallest absolute Gasteiger partial charge is 0.264 e. The topological polar surface area (TPSA) is 125 Å². The van der Waals surface area contributed by atoms with E-state index in [1.807, 2.05) is 6.08 Å². The van der Waals surface area contributed by atoms with Crippen LogP contribution in [0.15, 0.2) is 46.8 Å². The van der Waals surface area contributed by atoms with E-state index in [1.165, 1.54) is 22.7 Å². The number of allylic oxidation sites excluding steroid dienone is 1. The molecule has 180 valence electrons. The van der Waals surface area contributed by atoms with Crippen LogP contribution >= 0.6 is 23.4 Å². The standard InChI is InChI=1S/C22H19ClFN7O3S/c1-25-15-9-16-13(8-14(15)24)22(33)31(10-34-16)12-4-2-11(3-5-12)21(32)26-19(20-27-29-30-28-20)17-6-7-18(23)35-17/h2-5,7-9,17,19,25H,6,10H2,1H3,(H,26,32)(H,27,28,29,30). The van der Waals surface area contributed by atoms with Gasteiger partial charge in [0.25, 0.3) is 11.8 Å². The third-order valence-electron chi connectivity index (χ3n) is 5.69. The van der Waals surface area contributed by atoms with Crippen molar-refractivity contribution in [2.24, 2.45) is 0 Å². The largest absolute Gasteiger partial charge is 0.472 e. The molecule has 2 unspecified atom stereocenters. The number of amides is 2. The second-order valence-corrected chi connectivity index (χ2v) is 9.68. The minimum absolute atomic E-state index is 0.0423. The first-order valence-corrected chi connectivity index (χ1v) is 11.8. The first-order chi connectivity index (χ1) is 16.9. The Balaban J connectivity index is 1.32. The zero-order chi connectivity index (χ0) is 24.5. The third-order valence-corrected chi connectivity index (χ3v) is 7.27. The van der Waals surface area contributed by atoms with Crippen LogP contribution in [0.3, 0.4) is 0 Å². The summed E-state index contributed by atoms with van der Waals surface area (Å²) in [5.74, 6) is -0.554. The number of aromatic nitrogens is 4. The molecule has 3 heterocycles. The Bertz CT molecular complexity index is 1300. The highest BCUT2D eigenvalue weighted by atomic mass is 35.5. The number of nitrogens with one attached hydrogen (secondary N) is 3. The van der Waals surface area contributed by atoms with Crippen molar-refractivity contribution < 1.29 is 18.7 Å². The van der Waals surface area contributed by atoms with Crippen LogP contribution in [-0.2, 0) is 0 Å². The van der Waals surface area contributed by atoms with Gasteiger partial charge in [-0.2, -0.15) is 0 Å². The number of ether oxygens (including phenoxy) is 1. The fourth-order valence-corrected chi connectivity index (χ4v) is 5.31. The van der Waals surface area contributed by atoms with E-state index >= 15 is 0 Å². The van der Waals surface area contributed by atoms with Crippen molar-refractivity contribution in [1.82, 2.24) is 25.9 Å². The van der Waals surface area contributed by atoms with Crippen LogP contribution < -0.4 is 20.3 Å². The fraction of sp³-hybridized carbons (Fsp3) is 0.227. The highest BCUT2D eigenvalue weighted by Gasteiger charge is 2.32. The summed E-state index contributed by atoms with van der Waals surface area (Å²) in [7, 11) is 1.59. The van der Waals surface area contributed by atoms with Gasteiger partial charge in [0, 0.05) is 29.6 Å². The van der Waals surface area contributed by atoms with Crippen molar-refractivity contribution in [2.75, 3.05) is 24.0 Å². The maximum Gasteiger partial charge on any atom is 0.264 e. The number of thioether (sulfide) groups is 1. The van der Waals surface area contributed by atoms with Crippen molar-refractivity contribution >= 4 is 46.6 Å². The van der Waals surface area contributed by atoms with Crippen LogP contribution in [0.25, 0.3) is 0 Å². The number of carbonyl (C=O) groups is 2. The summed E-state index contributed by atoms with van der Waals surface area (Å²) in [4.78, 5) is 27.3. The first kappa shape index (κ1) is 23.1. The van der Waals surface area contributed by atoms with E-state index in [0.29, 0.717) is 33.6 Å². The average Bonchev–Trinajstić information content (AvgIpc) is 3.55. The van der Waals surface area contributed by atoms with Gasteiger partial charge in [-0.05, 0) is 47.2 Å². The highest BCUT2D eigenvalue weighted by molar-refractivity contribution is 8.05. The SMILES string of the molecule is CNc1cc2c(cc1F)C(=O)N(c1ccc(C(=O)NC(c3nnn[nH]3)C3CC=C(Cl)S3)cc1)CO2. The molecule has 35 heavy (non-hydrogen) atoms. The van der Waals surface area contributed by atoms with E-state index in [4.69, 9.17) is 16.3 Å². The minimum atomic E-state index is -0.550. The van der Waals surface area contributed by atoms with E-state index < -0.39 is 17.8 Å². The summed E-state index contributed by atoms with van der Waals surface area (Å²) in [5.41, 5.74) is 1.26. The first-order valence-electron chi connectivity index (χ1n) is 10.6. The monoisotopic (exact) mass is 515 g/mol. The van der Waals surface area contributed by atoms with Crippen LogP contribution in [0.5, 0.6) is 5.75 Å². The second-order valence-electron chi connectivity index (χ2n) is 7.77. The molecule has 2 atom stereocenters. The Morgan fingerprint density at radius 1 is 1.34 bits per heavy atom. The molecule has 0 radical (unpaired) electrons. The highest BCUT2D eigenvalue weighted by Crippen LogP contribution is 2.40. The van der Waals surface area contributed by atoms with Gasteiger partial charge < -0.3 is 15.4 Å². The lowest BCUT2D eigenvalue weighted by Crippen LogP contribution is -2.39. The van der Waals surface area contributed by atoms with E-state index in [2.05, 4.69) is 31.3 Å². The molecule has 1 aromatic heterocycles. The molecular formula is C22H19ClFN7O3S. The van der Waals surface area contributed by atoms with Crippen molar-refractivity contribution in [3.05, 3.63) is 69.6 Å². The van der Waals surface area contributed by atoms with E-state index in [-0.39, 0.29) is 29.1 Å². The third kappa shape index (κ3) is 4.54. The Hall–Kier alpha value is -3.64. The summed E-state index contributed by atoms with van der Waals surface area (Å²) in [5, 5.41) is 19.5. The van der Waals surface area contributed by atoms with Crippen molar-refractivity contribution in [3.8, 4) is 5.75 Å². The summed E-state index contributed by atoms with van der Waals surface area (Å²) in [6, 6.07) is 8.58. The molecule has 2 aliphatic rings. The zero-order valence-electron chi connectivity index (χ0n) is 18.3. The van der Waals surface area contributed by atoms with Crippen LogP contribution in [0, 0.1) is 5.82 Å². The number of anilines is 2. The average molecular weight is 516 g/mol. The zero-order valence-corrected chi connectivity index (χ0v) is 19.9. The summed E-state index contributed by atoms with van der Waals surface area (Å²) >= 11 is 7.54. The molecule has 0 aliphatic carbocycles. The molecular weight excluding hydrogens is 497 g/mol. The molecule has 10 nitrogen and oxygen atoms in total. The number of benzene rings is 2. The summed E-state index contributed by atoms with van der Waals surface area (Å²) in [6.07, 6.45) is 2.54. The number of halogens is 2. The van der Waals surface area contributed by atoms with Gasteiger partial charge >= 0.3 is 0 Å². The molecule has 2 aromatic carbocycles. The molecule has 0 saturated heterocycles. The van der Waals surface area contributed by atoms with Gasteiger partial charge in [-0.3, -0.25) is 14.5 Å². The van der Waals surface area contributed by atoms with Crippen LogP contribution in [0.4, 0.5) is 15.8 Å². The Kier molecular flexibility index (Phi) is 6.31. The van der Waals surface area contributed by atoms with Crippen LogP contribution in [0.1, 0.15) is 39.0 Å². The number of rotatable bonds is 6. The number of H-pyrrole nitrogens is 1. The van der Waals surface area contributed by atoms with Gasteiger partial charge in [0.2, 0.25) is 0 Å². The van der Waals surface area contributed by atoms with Crippen LogP contribution in [0.2, 0.25) is 0 Å². The quantitative estimate of drug-likeness (QED) is 0.456. The number of fused-ring (bicyclic) bond motifs is 1. The second kappa shape index (κ2) is 9.55. The number of aromatic amines is 1. The van der Waals surface area contributed by atoms with E-state index in [9.17, 15) is 14.0 Å². The lowest BCUT2D eigenvalue weighted by atomic mass is 10.1. The molecule has 0 saturated carbocycles. The number of nitrogens with zero attached hydrogens (tertiary/aromatic N) is 4. The molecule has 3 aromatic rings. The van der Waals surface area contributed by atoms with Gasteiger partial charge in [-0.15, -0.1) is 16.9 Å². The molecule has 3 N–H and O–H groups in total. The van der Waals surface area contributed by atoms with Crippen molar-refractivity contribution in [2.45, 2.75) is 17.7 Å². The summed E-state index contributed by atoms with van der Waals surface area (Å²) in [6.45, 7) is -0.0423. The predicted molar refractivity (Wildman–Crippen MR) is 129 cm³/mol. The molecule has 13 heteroatoms. The maximum atomic E-state index is 14.2. The van der Waals surface area contributed by atoms with Gasteiger partial charge in [0.15, 0.2) is 12.6 Å². The van der Waals surface area contributed by atoms with Gasteiger partial charge in [-0.1, -0.05) is 17.7 Å². The van der Waals surface area contributed by atoms with E-state index in [1.54, 1.807) is 31.3 Å². The molecule has 2 amide bonds. The Morgan fingerprint density at radius 3 is 2.80 bits per heavy atom. The Labute approximate surface area is 208 Å². The summed E-state index contributed by atoms with van der Waals surface area (Å²) < 4.78 is 20.5. The normalized spacial score (nSPS) is 17.9. The van der Waals surface area contributed by atoms with E-state index in [0.717, 1.165) is 6.07 Å².